The van der Waals surface area contributed by atoms with Crippen LogP contribution in [0.5, 0.6) is 17.2 Å². The molecule has 0 atom stereocenters. The second-order valence-corrected chi connectivity index (χ2v) is 6.09. The maximum atomic E-state index is 11.8. The summed E-state index contributed by atoms with van der Waals surface area (Å²) in [4.78, 5) is 11.8. The predicted molar refractivity (Wildman–Crippen MR) is 99.4 cm³/mol. The van der Waals surface area contributed by atoms with Gasteiger partial charge in [0.1, 0.15) is 5.75 Å². The lowest BCUT2D eigenvalue weighted by molar-refractivity contribution is -0.123. The van der Waals surface area contributed by atoms with Crippen molar-refractivity contribution >= 4 is 28.1 Å². The van der Waals surface area contributed by atoms with Crippen molar-refractivity contribution in [3.63, 3.8) is 0 Å². The fourth-order valence-electron chi connectivity index (χ4n) is 2.02. The second kappa shape index (κ2) is 9.08. The number of aryl methyl sites for hydroxylation is 1. The van der Waals surface area contributed by atoms with Gasteiger partial charge in [-0.2, -0.15) is 5.10 Å². The van der Waals surface area contributed by atoms with E-state index in [0.29, 0.717) is 23.7 Å². The van der Waals surface area contributed by atoms with Crippen LogP contribution in [0.3, 0.4) is 0 Å². The summed E-state index contributed by atoms with van der Waals surface area (Å²) in [6.45, 7) is 4.03. The number of hydrogen-bond acceptors (Lipinski definition) is 5. The molecular weight excluding hydrogens is 388 g/mol. The Morgan fingerprint density at radius 3 is 2.84 bits per heavy atom. The Labute approximate surface area is 154 Å². The van der Waals surface area contributed by atoms with Crippen molar-refractivity contribution in [1.29, 1.82) is 0 Å². The minimum Gasteiger partial charge on any atom is -0.504 e. The summed E-state index contributed by atoms with van der Waals surface area (Å²) in [6.07, 6.45) is 1.34. The number of hydrazone groups is 1. The number of ether oxygens (including phenoxy) is 2. The maximum Gasteiger partial charge on any atom is 0.277 e. The summed E-state index contributed by atoms with van der Waals surface area (Å²) in [5.74, 6) is 0.508. The number of phenols is 1. The number of carbonyl (C=O) groups excluding carboxylic acids is 1. The summed E-state index contributed by atoms with van der Waals surface area (Å²) >= 11 is 3.33. The number of benzene rings is 2. The Bertz CT molecular complexity index is 778. The molecule has 2 rings (SSSR count). The van der Waals surface area contributed by atoms with E-state index in [1.165, 1.54) is 6.21 Å². The zero-order chi connectivity index (χ0) is 18.2. The van der Waals surface area contributed by atoms with Crippen molar-refractivity contribution in [2.75, 3.05) is 13.2 Å². The van der Waals surface area contributed by atoms with Gasteiger partial charge in [0.25, 0.3) is 5.91 Å². The molecule has 2 aromatic rings. The Balaban J connectivity index is 1.93. The molecule has 25 heavy (non-hydrogen) atoms. The maximum absolute atomic E-state index is 11.8. The van der Waals surface area contributed by atoms with Crippen molar-refractivity contribution in [3.05, 3.63) is 52.0 Å². The fraction of sp³-hybridized carbons (Fsp3) is 0.222. The molecule has 0 aliphatic rings. The number of nitrogens with one attached hydrogen (secondary N) is 1. The highest BCUT2D eigenvalue weighted by molar-refractivity contribution is 9.10. The van der Waals surface area contributed by atoms with Crippen LogP contribution in [0.2, 0.25) is 0 Å². The topological polar surface area (TPSA) is 80.2 Å². The molecular formula is C18H19BrN2O4. The van der Waals surface area contributed by atoms with E-state index in [1.807, 2.05) is 32.0 Å². The standard InChI is InChI=1S/C18H19BrN2O4/c1-3-24-16-9-14(19)8-13(18(16)23)10-20-21-17(22)11-25-15-6-4-5-12(2)7-15/h4-10,23H,3,11H2,1-2H3,(H,21,22)/b20-10+. The number of amides is 1. The first-order valence-corrected chi connectivity index (χ1v) is 8.45. The van der Waals surface area contributed by atoms with E-state index >= 15 is 0 Å². The average molecular weight is 407 g/mol. The van der Waals surface area contributed by atoms with Gasteiger partial charge in [0, 0.05) is 10.0 Å². The van der Waals surface area contributed by atoms with Crippen LogP contribution in [-0.4, -0.2) is 30.4 Å². The van der Waals surface area contributed by atoms with Gasteiger partial charge < -0.3 is 14.6 Å². The third-order valence-electron chi connectivity index (χ3n) is 3.12. The number of carbonyl (C=O) groups is 1. The Kier molecular flexibility index (Phi) is 6.82. The first kappa shape index (κ1) is 18.8. The molecule has 2 N–H and O–H groups in total. The molecule has 2 aromatic carbocycles. The van der Waals surface area contributed by atoms with Crippen LogP contribution in [-0.2, 0) is 4.79 Å². The molecule has 0 unspecified atom stereocenters. The monoisotopic (exact) mass is 406 g/mol. The molecule has 132 valence electrons. The summed E-state index contributed by atoms with van der Waals surface area (Å²) < 4.78 is 11.4. The van der Waals surface area contributed by atoms with Crippen molar-refractivity contribution < 1.29 is 19.4 Å². The fourth-order valence-corrected chi connectivity index (χ4v) is 2.47. The molecule has 0 aliphatic carbocycles. The van der Waals surface area contributed by atoms with Gasteiger partial charge in [0.2, 0.25) is 0 Å². The molecule has 7 heteroatoms. The first-order chi connectivity index (χ1) is 12.0. The largest absolute Gasteiger partial charge is 0.504 e. The highest BCUT2D eigenvalue weighted by Crippen LogP contribution is 2.32. The van der Waals surface area contributed by atoms with Crippen LogP contribution in [0.15, 0.2) is 46.0 Å². The van der Waals surface area contributed by atoms with E-state index in [1.54, 1.807) is 18.2 Å². The first-order valence-electron chi connectivity index (χ1n) is 7.66. The van der Waals surface area contributed by atoms with Crippen LogP contribution in [0.4, 0.5) is 0 Å². The lowest BCUT2D eigenvalue weighted by Crippen LogP contribution is -2.24. The van der Waals surface area contributed by atoms with Crippen molar-refractivity contribution in [2.24, 2.45) is 5.10 Å². The predicted octanol–water partition coefficient (Wildman–Crippen LogP) is 3.39. The second-order valence-electron chi connectivity index (χ2n) is 5.17. The lowest BCUT2D eigenvalue weighted by atomic mass is 10.2. The van der Waals surface area contributed by atoms with Gasteiger partial charge in [-0.15, -0.1) is 0 Å². The van der Waals surface area contributed by atoms with Crippen LogP contribution < -0.4 is 14.9 Å². The quantitative estimate of drug-likeness (QED) is 0.545. The van der Waals surface area contributed by atoms with Crippen LogP contribution in [0.25, 0.3) is 0 Å². The Morgan fingerprint density at radius 1 is 1.32 bits per heavy atom. The van der Waals surface area contributed by atoms with E-state index in [0.717, 1.165) is 10.0 Å². The smallest absolute Gasteiger partial charge is 0.277 e. The molecule has 0 aliphatic heterocycles. The van der Waals surface area contributed by atoms with Gasteiger partial charge in [-0.3, -0.25) is 4.79 Å². The third kappa shape index (κ3) is 5.79. The minimum atomic E-state index is -0.405. The van der Waals surface area contributed by atoms with Gasteiger partial charge in [-0.25, -0.2) is 5.43 Å². The van der Waals surface area contributed by atoms with E-state index in [9.17, 15) is 9.90 Å². The molecule has 0 radical (unpaired) electrons. The van der Waals surface area contributed by atoms with E-state index in [4.69, 9.17) is 9.47 Å². The van der Waals surface area contributed by atoms with Gasteiger partial charge in [0.15, 0.2) is 18.1 Å². The van der Waals surface area contributed by atoms with Crippen LogP contribution in [0, 0.1) is 6.92 Å². The number of rotatable bonds is 7. The zero-order valence-corrected chi connectivity index (χ0v) is 15.5. The van der Waals surface area contributed by atoms with Crippen molar-refractivity contribution in [3.8, 4) is 17.2 Å². The van der Waals surface area contributed by atoms with Gasteiger partial charge in [-0.1, -0.05) is 28.1 Å². The molecule has 0 bridgehead atoms. The highest BCUT2D eigenvalue weighted by Gasteiger charge is 2.09. The van der Waals surface area contributed by atoms with Crippen LogP contribution >= 0.6 is 15.9 Å². The molecule has 6 nitrogen and oxygen atoms in total. The zero-order valence-electron chi connectivity index (χ0n) is 14.0. The Hall–Kier alpha value is -2.54. The number of phenolic OH excluding ortho intramolecular Hbond substituents is 1. The normalized spacial score (nSPS) is 10.7. The summed E-state index contributed by atoms with van der Waals surface area (Å²) in [5, 5.41) is 13.9. The molecule has 0 saturated carbocycles. The highest BCUT2D eigenvalue weighted by atomic mass is 79.9. The molecule has 0 spiro atoms. The van der Waals surface area contributed by atoms with Crippen LogP contribution in [0.1, 0.15) is 18.1 Å². The van der Waals surface area contributed by atoms with Gasteiger partial charge in [0.05, 0.1) is 12.8 Å². The van der Waals surface area contributed by atoms with E-state index < -0.39 is 5.91 Å². The van der Waals surface area contributed by atoms with E-state index in [2.05, 4.69) is 26.5 Å². The average Bonchev–Trinajstić information content (AvgIpc) is 2.57. The number of aromatic hydroxyl groups is 1. The van der Waals surface area contributed by atoms with Gasteiger partial charge in [-0.05, 0) is 43.7 Å². The Morgan fingerprint density at radius 2 is 2.12 bits per heavy atom. The van der Waals surface area contributed by atoms with Crippen molar-refractivity contribution in [1.82, 2.24) is 5.43 Å². The number of hydrogen-bond donors (Lipinski definition) is 2. The van der Waals surface area contributed by atoms with E-state index in [-0.39, 0.29) is 12.4 Å². The molecule has 0 aromatic heterocycles. The van der Waals surface area contributed by atoms with Crippen molar-refractivity contribution in [2.45, 2.75) is 13.8 Å². The number of halogens is 1. The third-order valence-corrected chi connectivity index (χ3v) is 3.58. The SMILES string of the molecule is CCOc1cc(Br)cc(/C=N/NC(=O)COc2cccc(C)c2)c1O. The summed E-state index contributed by atoms with van der Waals surface area (Å²) in [6, 6.07) is 10.7. The summed E-state index contributed by atoms with van der Waals surface area (Å²) in [7, 11) is 0. The molecule has 1 amide bonds. The number of nitrogens with zero attached hydrogens (tertiary/aromatic N) is 1. The van der Waals surface area contributed by atoms with Gasteiger partial charge >= 0.3 is 0 Å². The summed E-state index contributed by atoms with van der Waals surface area (Å²) in [5.41, 5.74) is 3.81. The molecule has 0 saturated heterocycles. The molecule has 0 fully saturated rings. The minimum absolute atomic E-state index is 0.0425. The molecule has 0 heterocycles. The lowest BCUT2D eigenvalue weighted by Gasteiger charge is -2.09.